The molecule has 0 aliphatic carbocycles. The van der Waals surface area contributed by atoms with Crippen LogP contribution in [0.4, 0.5) is 5.82 Å². The summed E-state index contributed by atoms with van der Waals surface area (Å²) in [6.07, 6.45) is 5.31. The van der Waals surface area contributed by atoms with E-state index in [-0.39, 0.29) is 11.4 Å². The normalized spacial score (nSPS) is 16.1. The Hall–Kier alpha value is -3.03. The molecular weight excluding hydrogens is 390 g/mol. The molecule has 0 bridgehead atoms. The molecule has 1 fully saturated rings. The maximum Gasteiger partial charge on any atom is 0.247 e. The van der Waals surface area contributed by atoms with E-state index in [1.165, 1.54) is 0 Å². The van der Waals surface area contributed by atoms with E-state index in [1.807, 2.05) is 53.3 Å². The van der Waals surface area contributed by atoms with E-state index in [0.29, 0.717) is 32.1 Å². The van der Waals surface area contributed by atoms with Crippen LogP contribution >= 0.6 is 0 Å². The van der Waals surface area contributed by atoms with E-state index >= 15 is 0 Å². The molecule has 162 valence electrons. The van der Waals surface area contributed by atoms with Crippen molar-refractivity contribution in [2.24, 2.45) is 0 Å². The largest absolute Gasteiger partial charge is 0.379 e. The zero-order valence-electron chi connectivity index (χ0n) is 18.3. The number of amides is 1. The molecule has 1 aliphatic rings. The van der Waals surface area contributed by atoms with Crippen LogP contribution in [0.25, 0.3) is 11.1 Å². The zero-order chi connectivity index (χ0) is 21.8. The first-order valence-electron chi connectivity index (χ1n) is 10.6. The first-order chi connectivity index (χ1) is 14.9. The Morgan fingerprint density at radius 3 is 2.45 bits per heavy atom. The van der Waals surface area contributed by atoms with Gasteiger partial charge in [-0.05, 0) is 38.0 Å². The molecule has 7 heteroatoms. The topological polar surface area (TPSA) is 72.3 Å². The van der Waals surface area contributed by atoms with Gasteiger partial charge in [0, 0.05) is 31.0 Å². The second-order valence-corrected chi connectivity index (χ2v) is 8.68. The van der Waals surface area contributed by atoms with Crippen LogP contribution in [-0.2, 0) is 15.1 Å². The van der Waals surface area contributed by atoms with Crippen LogP contribution in [0.3, 0.4) is 0 Å². The molecule has 0 spiro atoms. The first-order valence-corrected chi connectivity index (χ1v) is 10.6. The quantitative estimate of drug-likeness (QED) is 0.683. The lowest BCUT2D eigenvalue weighted by molar-refractivity contribution is -0.123. The fraction of sp³-hybridized carbons (Fsp3) is 0.375. The Morgan fingerprint density at radius 1 is 1.06 bits per heavy atom. The van der Waals surface area contributed by atoms with Crippen molar-refractivity contribution in [2.75, 3.05) is 31.6 Å². The average Bonchev–Trinajstić information content (AvgIpc) is 3.20. The van der Waals surface area contributed by atoms with Gasteiger partial charge >= 0.3 is 0 Å². The predicted molar refractivity (Wildman–Crippen MR) is 121 cm³/mol. The molecule has 1 atom stereocenters. The summed E-state index contributed by atoms with van der Waals surface area (Å²) in [6, 6.07) is 13.4. The van der Waals surface area contributed by atoms with Crippen LogP contribution in [0.1, 0.15) is 32.4 Å². The Labute approximate surface area is 183 Å². The highest BCUT2D eigenvalue weighted by molar-refractivity contribution is 5.98. The van der Waals surface area contributed by atoms with Crippen molar-refractivity contribution in [3.8, 4) is 11.1 Å². The molecule has 0 saturated carbocycles. The average molecular weight is 420 g/mol. The van der Waals surface area contributed by atoms with Crippen LogP contribution in [0.15, 0.2) is 61.1 Å². The smallest absolute Gasteiger partial charge is 0.247 e. The maximum atomic E-state index is 13.7. The Morgan fingerprint density at radius 2 is 1.81 bits per heavy atom. The Balaban J connectivity index is 1.72. The van der Waals surface area contributed by atoms with Crippen molar-refractivity contribution in [3.05, 3.63) is 66.6 Å². The van der Waals surface area contributed by atoms with Crippen LogP contribution in [0.2, 0.25) is 0 Å². The van der Waals surface area contributed by atoms with Gasteiger partial charge in [-0.3, -0.25) is 14.7 Å². The standard InChI is InChI=1S/C24H29N5O2/c1-24(2,3)29-22(20(17-26-29)18-8-5-4-6-9-18)27-23(30)21(19-10-7-11-25-16-19)28-12-14-31-15-13-28/h4-11,16-17,21H,12-15H2,1-3H3,(H,27,30). The number of nitrogens with zero attached hydrogens (tertiary/aromatic N) is 4. The van der Waals surface area contributed by atoms with Gasteiger partial charge in [-0.1, -0.05) is 36.4 Å². The van der Waals surface area contributed by atoms with Gasteiger partial charge in [0.25, 0.3) is 0 Å². The summed E-state index contributed by atoms with van der Waals surface area (Å²) in [5.41, 5.74) is 2.48. The van der Waals surface area contributed by atoms with Gasteiger partial charge in [0.15, 0.2) is 0 Å². The third-order valence-corrected chi connectivity index (χ3v) is 5.39. The van der Waals surface area contributed by atoms with Gasteiger partial charge in [0.05, 0.1) is 24.9 Å². The molecular formula is C24H29N5O2. The number of morpholine rings is 1. The van der Waals surface area contributed by atoms with E-state index in [2.05, 4.69) is 41.1 Å². The molecule has 1 N–H and O–H groups in total. The number of carbonyl (C=O) groups excluding carboxylic acids is 1. The van der Waals surface area contributed by atoms with Gasteiger partial charge in [-0.25, -0.2) is 4.68 Å². The van der Waals surface area contributed by atoms with Crippen LogP contribution in [0, 0.1) is 0 Å². The number of ether oxygens (including phenoxy) is 1. The van der Waals surface area contributed by atoms with Gasteiger partial charge in [0.1, 0.15) is 11.9 Å². The molecule has 1 aliphatic heterocycles. The molecule has 1 aromatic carbocycles. The summed E-state index contributed by atoms with van der Waals surface area (Å²) in [4.78, 5) is 20.1. The molecule has 1 amide bonds. The number of hydrogen-bond acceptors (Lipinski definition) is 5. The minimum atomic E-state index is -0.454. The summed E-state index contributed by atoms with van der Waals surface area (Å²) >= 11 is 0. The highest BCUT2D eigenvalue weighted by Crippen LogP contribution is 2.33. The molecule has 7 nitrogen and oxygen atoms in total. The number of nitrogens with one attached hydrogen (secondary N) is 1. The lowest BCUT2D eigenvalue weighted by Gasteiger charge is -2.34. The van der Waals surface area contributed by atoms with Crippen molar-refractivity contribution in [3.63, 3.8) is 0 Å². The van der Waals surface area contributed by atoms with Crippen molar-refractivity contribution in [2.45, 2.75) is 32.4 Å². The van der Waals surface area contributed by atoms with Crippen molar-refractivity contribution < 1.29 is 9.53 Å². The fourth-order valence-electron chi connectivity index (χ4n) is 3.89. The van der Waals surface area contributed by atoms with Crippen molar-refractivity contribution in [1.82, 2.24) is 19.7 Å². The number of aromatic nitrogens is 3. The van der Waals surface area contributed by atoms with Crippen LogP contribution in [-0.4, -0.2) is 51.9 Å². The molecule has 3 aromatic rings. The minimum absolute atomic E-state index is 0.0990. The van der Waals surface area contributed by atoms with Gasteiger partial charge in [-0.15, -0.1) is 0 Å². The lowest BCUT2D eigenvalue weighted by Crippen LogP contribution is -2.44. The maximum absolute atomic E-state index is 13.7. The van der Waals surface area contributed by atoms with E-state index in [1.54, 1.807) is 12.4 Å². The second-order valence-electron chi connectivity index (χ2n) is 8.68. The third kappa shape index (κ3) is 4.68. The van der Waals surface area contributed by atoms with Crippen LogP contribution < -0.4 is 5.32 Å². The van der Waals surface area contributed by atoms with E-state index < -0.39 is 6.04 Å². The number of rotatable bonds is 5. The molecule has 3 heterocycles. The number of pyridine rings is 1. The number of carbonyl (C=O) groups is 1. The number of benzene rings is 1. The molecule has 0 radical (unpaired) electrons. The van der Waals surface area contributed by atoms with Crippen LogP contribution in [0.5, 0.6) is 0 Å². The Kier molecular flexibility index (Phi) is 6.15. The zero-order valence-corrected chi connectivity index (χ0v) is 18.3. The molecule has 31 heavy (non-hydrogen) atoms. The number of anilines is 1. The van der Waals surface area contributed by atoms with Gasteiger partial charge < -0.3 is 10.1 Å². The predicted octanol–water partition coefficient (Wildman–Crippen LogP) is 3.71. The second kappa shape index (κ2) is 8.99. The Bertz CT molecular complexity index is 1010. The lowest BCUT2D eigenvalue weighted by atomic mass is 10.0. The van der Waals surface area contributed by atoms with Gasteiger partial charge in [0.2, 0.25) is 5.91 Å². The summed E-state index contributed by atoms with van der Waals surface area (Å²) in [7, 11) is 0. The van der Waals surface area contributed by atoms with E-state index in [4.69, 9.17) is 4.74 Å². The summed E-state index contributed by atoms with van der Waals surface area (Å²) in [6.45, 7) is 8.83. The molecule has 1 unspecified atom stereocenters. The van der Waals surface area contributed by atoms with Crippen molar-refractivity contribution in [1.29, 1.82) is 0 Å². The van der Waals surface area contributed by atoms with E-state index in [9.17, 15) is 4.79 Å². The van der Waals surface area contributed by atoms with Gasteiger partial charge in [-0.2, -0.15) is 5.10 Å². The first kappa shape index (κ1) is 21.2. The summed E-state index contributed by atoms with van der Waals surface area (Å²) < 4.78 is 7.39. The highest BCUT2D eigenvalue weighted by atomic mass is 16.5. The SMILES string of the molecule is CC(C)(C)n1ncc(-c2ccccc2)c1NC(=O)C(c1cccnc1)N1CCOCC1. The van der Waals surface area contributed by atoms with Crippen molar-refractivity contribution >= 4 is 11.7 Å². The summed E-state index contributed by atoms with van der Waals surface area (Å²) in [5, 5.41) is 7.83. The third-order valence-electron chi connectivity index (χ3n) is 5.39. The fourth-order valence-corrected chi connectivity index (χ4v) is 3.89. The highest BCUT2D eigenvalue weighted by Gasteiger charge is 2.31. The summed E-state index contributed by atoms with van der Waals surface area (Å²) in [5.74, 6) is 0.601. The van der Waals surface area contributed by atoms with E-state index in [0.717, 1.165) is 16.7 Å². The molecule has 2 aromatic heterocycles. The minimum Gasteiger partial charge on any atom is -0.379 e. The monoisotopic (exact) mass is 419 g/mol. The molecule has 1 saturated heterocycles. The number of hydrogen-bond donors (Lipinski definition) is 1. The molecule has 4 rings (SSSR count).